The minimum absolute atomic E-state index is 0.853. The van der Waals surface area contributed by atoms with Crippen LogP contribution in [0.5, 0.6) is 0 Å². The number of carbonyl (C=O) groups is 1. The Morgan fingerprint density at radius 2 is 1.62 bits per heavy atom. The molecule has 94 valence electrons. The molecule has 0 aromatic rings. The van der Waals surface area contributed by atoms with E-state index in [1.165, 1.54) is 0 Å². The fourth-order valence-electron chi connectivity index (χ4n) is 1.77. The van der Waals surface area contributed by atoms with Crippen molar-refractivity contribution in [1.29, 1.82) is 0 Å². The van der Waals surface area contributed by atoms with Crippen LogP contribution in [-0.2, 0) is 4.79 Å². The van der Waals surface area contributed by atoms with E-state index in [-0.39, 0.29) is 0 Å². The van der Waals surface area contributed by atoms with Crippen LogP contribution in [0.15, 0.2) is 0 Å². The Morgan fingerprint density at radius 3 is 1.88 bits per heavy atom. The molecule has 0 unspecified atom stereocenters. The van der Waals surface area contributed by atoms with E-state index in [0.717, 1.165) is 0 Å². The summed E-state index contributed by atoms with van der Waals surface area (Å²) in [5.41, 5.74) is -4.20. The number of aliphatic carboxylic acids is 1. The van der Waals surface area contributed by atoms with Gasteiger partial charge < -0.3 is 10.4 Å². The first kappa shape index (κ1) is 13.1. The molecule has 16 heavy (non-hydrogen) atoms. The molecule has 0 amide bonds. The molecule has 0 aliphatic carbocycles. The Kier molecular flexibility index (Phi) is 2.86. The molecule has 3 nitrogen and oxygen atoms in total. The third kappa shape index (κ3) is 1.62. The van der Waals surface area contributed by atoms with Crippen LogP contribution in [0.2, 0.25) is 0 Å². The highest BCUT2D eigenvalue weighted by Crippen LogP contribution is 2.56. The molecule has 2 N–H and O–H groups in total. The lowest BCUT2D eigenvalue weighted by Gasteiger charge is -2.36. The minimum atomic E-state index is -5.65. The number of hydrogen-bond donors (Lipinski definition) is 2. The summed E-state index contributed by atoms with van der Waals surface area (Å²) in [4.78, 5) is 10.5. The molecule has 0 spiro atoms. The lowest BCUT2D eigenvalue weighted by Crippen LogP contribution is -2.57. The van der Waals surface area contributed by atoms with Gasteiger partial charge >= 0.3 is 18.3 Å². The summed E-state index contributed by atoms with van der Waals surface area (Å²) in [5, 5.41) is 10.3. The Morgan fingerprint density at radius 1 is 1.19 bits per heavy atom. The van der Waals surface area contributed by atoms with Gasteiger partial charge in [-0.1, -0.05) is 0 Å². The van der Waals surface area contributed by atoms with E-state index in [2.05, 4.69) is 0 Å². The second kappa shape index (κ2) is 3.51. The van der Waals surface area contributed by atoms with Crippen LogP contribution in [0.1, 0.15) is 0 Å². The number of carboxylic acid groups (broad SMARTS) is 1. The Balaban J connectivity index is 3.30. The standard InChI is InChI=1S/C7H7F6NO2/c8-6(9,10)5(7(11,12)13)2-14-1-3(5)4(15)16/h3,14H,1-2H2,(H,15,16)/t3-/m0/s1. The molecule has 1 saturated heterocycles. The molecule has 0 radical (unpaired) electrons. The van der Waals surface area contributed by atoms with Crippen LogP contribution in [0.4, 0.5) is 26.3 Å². The fourth-order valence-corrected chi connectivity index (χ4v) is 1.77. The highest BCUT2D eigenvalue weighted by molar-refractivity contribution is 5.72. The van der Waals surface area contributed by atoms with Crippen molar-refractivity contribution in [2.24, 2.45) is 11.3 Å². The van der Waals surface area contributed by atoms with Gasteiger partial charge in [0.1, 0.15) is 0 Å². The average molecular weight is 251 g/mol. The molecule has 0 aromatic heterocycles. The maximum Gasteiger partial charge on any atom is 0.405 e. The first-order valence-corrected chi connectivity index (χ1v) is 4.11. The number of hydrogen-bond acceptors (Lipinski definition) is 2. The van der Waals surface area contributed by atoms with Gasteiger partial charge in [0.05, 0.1) is 5.92 Å². The molecule has 1 rings (SSSR count). The number of carboxylic acids is 1. The van der Waals surface area contributed by atoms with E-state index in [1.54, 1.807) is 0 Å². The first-order chi connectivity index (χ1) is 7.04. The predicted octanol–water partition coefficient (Wildman–Crippen LogP) is 1.40. The summed E-state index contributed by atoms with van der Waals surface area (Å²) >= 11 is 0. The lowest BCUT2D eigenvalue weighted by atomic mass is 9.76. The van der Waals surface area contributed by atoms with E-state index in [4.69, 9.17) is 5.11 Å². The smallest absolute Gasteiger partial charge is 0.405 e. The zero-order chi connectivity index (χ0) is 12.8. The van der Waals surface area contributed by atoms with Crippen molar-refractivity contribution in [1.82, 2.24) is 5.32 Å². The maximum atomic E-state index is 12.5. The second-order valence-electron chi connectivity index (χ2n) is 3.49. The molecule has 1 aliphatic heterocycles. The van der Waals surface area contributed by atoms with Gasteiger partial charge in [-0.25, -0.2) is 0 Å². The molecular weight excluding hydrogens is 244 g/mol. The van der Waals surface area contributed by atoms with Gasteiger partial charge in [0, 0.05) is 13.1 Å². The molecule has 9 heteroatoms. The number of alkyl halides is 6. The van der Waals surface area contributed by atoms with Crippen molar-refractivity contribution < 1.29 is 36.2 Å². The second-order valence-corrected chi connectivity index (χ2v) is 3.49. The molecule has 0 aromatic carbocycles. The molecule has 0 saturated carbocycles. The van der Waals surface area contributed by atoms with Crippen molar-refractivity contribution in [3.05, 3.63) is 0 Å². The molecule has 0 bridgehead atoms. The summed E-state index contributed by atoms with van der Waals surface area (Å²) in [7, 11) is 0. The fraction of sp³-hybridized carbons (Fsp3) is 0.857. The summed E-state index contributed by atoms with van der Waals surface area (Å²) in [6.07, 6.45) is -11.3. The normalized spacial score (nSPS) is 25.8. The van der Waals surface area contributed by atoms with Crippen molar-refractivity contribution in [3.63, 3.8) is 0 Å². The largest absolute Gasteiger partial charge is 0.481 e. The summed E-state index contributed by atoms with van der Waals surface area (Å²) < 4.78 is 75.0. The maximum absolute atomic E-state index is 12.5. The zero-order valence-electron chi connectivity index (χ0n) is 7.61. The summed E-state index contributed by atoms with van der Waals surface area (Å²) in [6.45, 7) is -2.31. The van der Waals surface area contributed by atoms with Crippen LogP contribution in [0.25, 0.3) is 0 Å². The molecule has 1 heterocycles. The first-order valence-electron chi connectivity index (χ1n) is 4.11. The van der Waals surface area contributed by atoms with Crippen LogP contribution in [0, 0.1) is 11.3 Å². The van der Waals surface area contributed by atoms with E-state index < -0.39 is 42.7 Å². The van der Waals surface area contributed by atoms with Crippen LogP contribution in [0.3, 0.4) is 0 Å². The summed E-state index contributed by atoms with van der Waals surface area (Å²) in [5.74, 6) is -4.66. The Hall–Kier alpha value is -0.990. The zero-order valence-corrected chi connectivity index (χ0v) is 7.61. The van der Waals surface area contributed by atoms with Crippen molar-refractivity contribution in [3.8, 4) is 0 Å². The molecule has 1 fully saturated rings. The van der Waals surface area contributed by atoms with Gasteiger partial charge in [-0.15, -0.1) is 0 Å². The van der Waals surface area contributed by atoms with Gasteiger partial charge in [0.2, 0.25) is 0 Å². The Bertz CT molecular complexity index is 282. The lowest BCUT2D eigenvalue weighted by molar-refractivity contribution is -0.344. The highest BCUT2D eigenvalue weighted by atomic mass is 19.4. The average Bonchev–Trinajstić information content (AvgIpc) is 2.44. The van der Waals surface area contributed by atoms with E-state index >= 15 is 0 Å². The van der Waals surface area contributed by atoms with Gasteiger partial charge in [-0.05, 0) is 0 Å². The SMILES string of the molecule is O=C(O)[C@@H]1CNCC1(C(F)(F)F)C(F)(F)F. The van der Waals surface area contributed by atoms with E-state index in [1.807, 2.05) is 5.32 Å². The predicted molar refractivity (Wildman–Crippen MR) is 38.5 cm³/mol. The van der Waals surface area contributed by atoms with Crippen LogP contribution >= 0.6 is 0 Å². The van der Waals surface area contributed by atoms with Gasteiger partial charge in [0.15, 0.2) is 5.41 Å². The molecule has 1 atom stereocenters. The summed E-state index contributed by atoms with van der Waals surface area (Å²) in [6, 6.07) is 0. The highest BCUT2D eigenvalue weighted by Gasteiger charge is 2.77. The monoisotopic (exact) mass is 251 g/mol. The van der Waals surface area contributed by atoms with Gasteiger partial charge in [0.25, 0.3) is 0 Å². The van der Waals surface area contributed by atoms with Gasteiger partial charge in [-0.3, -0.25) is 4.79 Å². The molecule has 1 aliphatic rings. The number of nitrogens with one attached hydrogen (secondary N) is 1. The van der Waals surface area contributed by atoms with Crippen molar-refractivity contribution in [2.75, 3.05) is 13.1 Å². The number of rotatable bonds is 1. The van der Waals surface area contributed by atoms with Crippen LogP contribution < -0.4 is 5.32 Å². The van der Waals surface area contributed by atoms with E-state index in [9.17, 15) is 31.1 Å². The van der Waals surface area contributed by atoms with Crippen molar-refractivity contribution in [2.45, 2.75) is 12.4 Å². The Labute approximate surface area is 85.4 Å². The molecular formula is C7H7F6NO2. The van der Waals surface area contributed by atoms with Crippen molar-refractivity contribution >= 4 is 5.97 Å². The topological polar surface area (TPSA) is 49.3 Å². The van der Waals surface area contributed by atoms with Crippen LogP contribution in [-0.4, -0.2) is 36.5 Å². The quantitative estimate of drug-likeness (QED) is 0.692. The minimum Gasteiger partial charge on any atom is -0.481 e. The third-order valence-electron chi connectivity index (χ3n) is 2.66. The third-order valence-corrected chi connectivity index (χ3v) is 2.66. The van der Waals surface area contributed by atoms with Gasteiger partial charge in [-0.2, -0.15) is 26.3 Å². The van der Waals surface area contributed by atoms with E-state index in [0.29, 0.717) is 0 Å². The number of halogens is 6.